The molecule has 1 N–H and O–H groups in total. The number of nitrogens with one attached hydrogen (secondary N) is 1. The molecule has 0 aliphatic carbocycles. The molecule has 1 aromatic heterocycles. The smallest absolute Gasteiger partial charge is 0.318 e. The van der Waals surface area contributed by atoms with Gasteiger partial charge in [-0.3, -0.25) is 14.9 Å². The van der Waals surface area contributed by atoms with Crippen LogP contribution < -0.4 is 5.32 Å². The molecule has 2 aromatic rings. The number of methoxy groups -OCH3 is 1. The summed E-state index contributed by atoms with van der Waals surface area (Å²) in [6.07, 6.45) is 0. The third kappa shape index (κ3) is 4.33. The van der Waals surface area contributed by atoms with Gasteiger partial charge in [0, 0.05) is 9.77 Å². The summed E-state index contributed by atoms with van der Waals surface area (Å²) in [6.45, 7) is 5.62. The van der Waals surface area contributed by atoms with Crippen molar-refractivity contribution in [2.45, 2.75) is 30.9 Å². The number of amides is 1. The van der Waals surface area contributed by atoms with E-state index in [1.807, 2.05) is 26.0 Å². The van der Waals surface area contributed by atoms with Gasteiger partial charge in [0.15, 0.2) is 5.13 Å². The van der Waals surface area contributed by atoms with Crippen molar-refractivity contribution in [1.82, 2.24) is 4.98 Å². The van der Waals surface area contributed by atoms with Crippen molar-refractivity contribution >= 4 is 40.1 Å². The number of aromatic nitrogens is 1. The van der Waals surface area contributed by atoms with E-state index in [9.17, 15) is 9.59 Å². The van der Waals surface area contributed by atoms with Gasteiger partial charge in [0.1, 0.15) is 5.25 Å². The van der Waals surface area contributed by atoms with Crippen LogP contribution in [-0.2, 0) is 9.53 Å². The van der Waals surface area contributed by atoms with E-state index in [4.69, 9.17) is 4.74 Å². The maximum Gasteiger partial charge on any atom is 0.318 e. The molecule has 0 saturated heterocycles. The predicted octanol–water partition coefficient (Wildman–Crippen LogP) is 3.67. The summed E-state index contributed by atoms with van der Waals surface area (Å²) < 4.78 is 4.73. The van der Waals surface area contributed by atoms with Gasteiger partial charge in [-0.2, -0.15) is 0 Å². The zero-order valence-electron chi connectivity index (χ0n) is 13.4. The third-order valence-corrected chi connectivity index (χ3v) is 5.36. The summed E-state index contributed by atoms with van der Waals surface area (Å²) >= 11 is 2.74. The first kappa shape index (κ1) is 17.5. The van der Waals surface area contributed by atoms with Gasteiger partial charge in [-0.15, -0.1) is 23.1 Å². The summed E-state index contributed by atoms with van der Waals surface area (Å²) in [5, 5.41) is 3.00. The Bertz CT molecular complexity index is 708. The second kappa shape index (κ2) is 7.61. The van der Waals surface area contributed by atoms with E-state index < -0.39 is 5.25 Å². The summed E-state index contributed by atoms with van der Waals surface area (Å²) in [6, 6.07) is 7.17. The molecule has 1 atom stereocenters. The van der Waals surface area contributed by atoms with Crippen LogP contribution in [0.1, 0.15) is 27.9 Å². The lowest BCUT2D eigenvalue weighted by atomic mass is 10.2. The van der Waals surface area contributed by atoms with Crippen molar-refractivity contribution < 1.29 is 14.3 Å². The van der Waals surface area contributed by atoms with Crippen molar-refractivity contribution in [1.29, 1.82) is 0 Å². The highest BCUT2D eigenvalue weighted by Crippen LogP contribution is 2.29. The number of benzene rings is 1. The maximum atomic E-state index is 12.5. The van der Waals surface area contributed by atoms with E-state index in [2.05, 4.69) is 10.3 Å². The molecule has 1 amide bonds. The van der Waals surface area contributed by atoms with Gasteiger partial charge in [0.25, 0.3) is 5.91 Å². The van der Waals surface area contributed by atoms with Crippen LogP contribution in [-0.4, -0.2) is 29.2 Å². The first-order valence-corrected chi connectivity index (χ1v) is 8.71. The fraction of sp³-hybridized carbons (Fsp3) is 0.312. The Morgan fingerprint density at radius 3 is 2.61 bits per heavy atom. The van der Waals surface area contributed by atoms with E-state index in [0.29, 0.717) is 10.7 Å². The average molecular weight is 350 g/mol. The van der Waals surface area contributed by atoms with Gasteiger partial charge < -0.3 is 4.74 Å². The van der Waals surface area contributed by atoms with Crippen LogP contribution in [0.4, 0.5) is 5.13 Å². The van der Waals surface area contributed by atoms with Crippen molar-refractivity contribution in [3.63, 3.8) is 0 Å². The Hall–Kier alpha value is -1.86. The van der Waals surface area contributed by atoms with Crippen molar-refractivity contribution in [2.24, 2.45) is 0 Å². The molecule has 1 aromatic carbocycles. The van der Waals surface area contributed by atoms with Gasteiger partial charge >= 0.3 is 5.97 Å². The Kier molecular flexibility index (Phi) is 5.79. The summed E-state index contributed by atoms with van der Waals surface area (Å²) in [5.41, 5.74) is 1.42. The number of ether oxygens (including phenoxy) is 1. The van der Waals surface area contributed by atoms with Gasteiger partial charge in [0.05, 0.1) is 18.4 Å². The molecule has 0 aliphatic heterocycles. The van der Waals surface area contributed by atoms with E-state index in [-0.39, 0.29) is 11.9 Å². The lowest BCUT2D eigenvalue weighted by molar-refractivity contribution is -0.139. The highest BCUT2D eigenvalue weighted by Gasteiger charge is 2.19. The topological polar surface area (TPSA) is 68.3 Å². The lowest BCUT2D eigenvalue weighted by Gasteiger charge is -2.12. The molecule has 5 nitrogen and oxygen atoms in total. The monoisotopic (exact) mass is 350 g/mol. The number of rotatable bonds is 5. The van der Waals surface area contributed by atoms with Crippen LogP contribution in [0.3, 0.4) is 0 Å². The van der Waals surface area contributed by atoms with Crippen molar-refractivity contribution in [3.05, 3.63) is 40.4 Å². The average Bonchev–Trinajstić information content (AvgIpc) is 2.84. The molecular formula is C16H18N2O3S2. The quantitative estimate of drug-likeness (QED) is 0.658. The van der Waals surface area contributed by atoms with Crippen LogP contribution in [0.25, 0.3) is 0 Å². The first-order valence-electron chi connectivity index (χ1n) is 7.01. The number of esters is 1. The van der Waals surface area contributed by atoms with E-state index in [0.717, 1.165) is 15.5 Å². The molecule has 0 aliphatic rings. The Balaban J connectivity index is 2.18. The standard InChI is InChI=1S/C16H18N2O3S2/c1-9-10(2)23-16(17-9)18-14(19)12-7-5-6-8-13(12)22-11(3)15(20)21-4/h5-8,11H,1-4H3,(H,17,18,19)/t11-/m1/s1. The molecule has 0 spiro atoms. The molecule has 0 saturated carbocycles. The van der Waals surface area contributed by atoms with Gasteiger partial charge in [0.2, 0.25) is 0 Å². The van der Waals surface area contributed by atoms with Crippen LogP contribution in [0.15, 0.2) is 29.2 Å². The van der Waals surface area contributed by atoms with E-state index in [1.165, 1.54) is 30.2 Å². The number of thiazole rings is 1. The van der Waals surface area contributed by atoms with Crippen LogP contribution in [0, 0.1) is 13.8 Å². The highest BCUT2D eigenvalue weighted by molar-refractivity contribution is 8.00. The van der Waals surface area contributed by atoms with Gasteiger partial charge in [-0.25, -0.2) is 4.98 Å². The van der Waals surface area contributed by atoms with Crippen LogP contribution in [0.5, 0.6) is 0 Å². The largest absolute Gasteiger partial charge is 0.468 e. The minimum absolute atomic E-state index is 0.237. The second-order valence-electron chi connectivity index (χ2n) is 4.89. The maximum absolute atomic E-state index is 12.5. The molecule has 0 bridgehead atoms. The number of carbonyl (C=O) groups excluding carboxylic acids is 2. The summed E-state index contributed by atoms with van der Waals surface area (Å²) in [4.78, 5) is 30.2. The molecule has 7 heteroatoms. The minimum atomic E-state index is -0.390. The zero-order valence-corrected chi connectivity index (χ0v) is 15.0. The van der Waals surface area contributed by atoms with Crippen molar-refractivity contribution in [2.75, 3.05) is 12.4 Å². The zero-order chi connectivity index (χ0) is 17.0. The van der Waals surface area contributed by atoms with Gasteiger partial charge in [-0.05, 0) is 32.9 Å². The number of hydrogen-bond acceptors (Lipinski definition) is 6. The molecule has 2 rings (SSSR count). The predicted molar refractivity (Wildman–Crippen MR) is 93.3 cm³/mol. The minimum Gasteiger partial charge on any atom is -0.468 e. The van der Waals surface area contributed by atoms with Crippen molar-refractivity contribution in [3.8, 4) is 0 Å². The number of carbonyl (C=O) groups is 2. The SMILES string of the molecule is COC(=O)[C@@H](C)Sc1ccccc1C(=O)Nc1nc(C)c(C)s1. The third-order valence-electron chi connectivity index (χ3n) is 3.22. The van der Waals surface area contributed by atoms with Crippen LogP contribution in [0.2, 0.25) is 0 Å². The number of anilines is 1. The van der Waals surface area contributed by atoms with E-state index >= 15 is 0 Å². The molecule has 0 unspecified atom stereocenters. The number of thioether (sulfide) groups is 1. The fourth-order valence-corrected chi connectivity index (χ4v) is 3.68. The molecule has 1 heterocycles. The summed E-state index contributed by atoms with van der Waals surface area (Å²) in [7, 11) is 1.35. The fourth-order valence-electron chi connectivity index (χ4n) is 1.85. The van der Waals surface area contributed by atoms with Crippen LogP contribution >= 0.6 is 23.1 Å². The molecule has 23 heavy (non-hydrogen) atoms. The second-order valence-corrected chi connectivity index (χ2v) is 7.48. The highest BCUT2D eigenvalue weighted by atomic mass is 32.2. The lowest BCUT2D eigenvalue weighted by Crippen LogP contribution is -2.17. The Labute approximate surface area is 143 Å². The Morgan fingerprint density at radius 2 is 2.00 bits per heavy atom. The molecular weight excluding hydrogens is 332 g/mol. The normalized spacial score (nSPS) is 11.8. The summed E-state index contributed by atoms with van der Waals surface area (Å²) in [5.74, 6) is -0.560. The number of aryl methyl sites for hydroxylation is 2. The van der Waals surface area contributed by atoms with Gasteiger partial charge in [-0.1, -0.05) is 12.1 Å². The Morgan fingerprint density at radius 1 is 1.30 bits per heavy atom. The molecule has 122 valence electrons. The number of hydrogen-bond donors (Lipinski definition) is 1. The van der Waals surface area contributed by atoms with E-state index in [1.54, 1.807) is 19.1 Å². The molecule has 0 radical (unpaired) electrons. The molecule has 0 fully saturated rings. The number of nitrogens with zero attached hydrogens (tertiary/aromatic N) is 1. The first-order chi connectivity index (χ1) is 10.9.